The number of rotatable bonds is 5. The molecule has 1 aromatic heterocycles. The summed E-state index contributed by atoms with van der Waals surface area (Å²) in [6.07, 6.45) is 0.568. The molecule has 1 aliphatic heterocycles. The summed E-state index contributed by atoms with van der Waals surface area (Å²) < 4.78 is 0. The highest BCUT2D eigenvalue weighted by Gasteiger charge is 2.46. The number of amides is 2. The molecule has 1 aromatic carbocycles. The lowest BCUT2D eigenvalue weighted by atomic mass is 9.85. The van der Waals surface area contributed by atoms with E-state index >= 15 is 0 Å². The van der Waals surface area contributed by atoms with Crippen molar-refractivity contribution in [3.05, 3.63) is 49.7 Å². The van der Waals surface area contributed by atoms with Gasteiger partial charge in [-0.1, -0.05) is 0 Å². The van der Waals surface area contributed by atoms with Crippen LogP contribution in [-0.2, 0) is 10.2 Å². The number of benzene rings is 1. The summed E-state index contributed by atoms with van der Waals surface area (Å²) in [6.45, 7) is 7.17. The third-order valence-corrected chi connectivity index (χ3v) is 5.65. The third kappa shape index (κ3) is 2.97. The summed E-state index contributed by atoms with van der Waals surface area (Å²) in [5.74, 6) is -0.773. The zero-order chi connectivity index (χ0) is 20.8. The van der Waals surface area contributed by atoms with E-state index in [1.165, 1.54) is 23.1 Å². The Bertz CT molecular complexity index is 1010. The molecule has 0 radical (unpaired) electrons. The minimum atomic E-state index is -0.884. The second-order valence-corrected chi connectivity index (χ2v) is 8.26. The quantitative estimate of drug-likeness (QED) is 0.466. The van der Waals surface area contributed by atoms with Gasteiger partial charge in [-0.05, 0) is 50.8 Å². The molecule has 9 heteroatoms. The van der Waals surface area contributed by atoms with Crippen molar-refractivity contribution in [3.8, 4) is 0 Å². The van der Waals surface area contributed by atoms with Crippen molar-refractivity contribution in [2.75, 3.05) is 10.2 Å². The number of fused-ring (bicyclic) bond motifs is 1. The van der Waals surface area contributed by atoms with E-state index in [4.69, 9.17) is 0 Å². The van der Waals surface area contributed by atoms with E-state index in [1.54, 1.807) is 19.2 Å². The van der Waals surface area contributed by atoms with Gasteiger partial charge in [-0.3, -0.25) is 24.5 Å². The normalized spacial score (nSPS) is 14.9. The van der Waals surface area contributed by atoms with Gasteiger partial charge in [-0.25, -0.2) is 0 Å². The molecule has 0 fully saturated rings. The number of thiophene rings is 1. The monoisotopic (exact) mass is 401 g/mol. The molecule has 0 bridgehead atoms. The van der Waals surface area contributed by atoms with Crippen molar-refractivity contribution in [1.29, 1.82) is 0 Å². The van der Waals surface area contributed by atoms with E-state index in [-0.39, 0.29) is 33.8 Å². The Balaban J connectivity index is 2.12. The van der Waals surface area contributed by atoms with E-state index < -0.39 is 16.2 Å². The highest BCUT2D eigenvalue weighted by Crippen LogP contribution is 2.46. The summed E-state index contributed by atoms with van der Waals surface area (Å²) in [7, 11) is 0. The van der Waals surface area contributed by atoms with Crippen molar-refractivity contribution in [1.82, 2.24) is 0 Å². The first-order valence-electron chi connectivity index (χ1n) is 8.60. The number of nitro benzene ring substituents is 1. The Hall–Kier alpha value is -3.07. The van der Waals surface area contributed by atoms with Gasteiger partial charge in [-0.2, -0.15) is 0 Å². The minimum Gasteiger partial charge on any atom is -0.316 e. The molecule has 0 unspecified atom stereocenters. The highest BCUT2D eigenvalue weighted by molar-refractivity contribution is 7.12. The zero-order valence-corrected chi connectivity index (χ0v) is 16.6. The molecular formula is C19H19N3O5S. The molecule has 2 amide bonds. The number of hydrogen-bond acceptors (Lipinski definition) is 6. The second kappa shape index (κ2) is 6.83. The number of nitro groups is 1. The average molecular weight is 401 g/mol. The summed E-state index contributed by atoms with van der Waals surface area (Å²) >= 11 is 1.11. The van der Waals surface area contributed by atoms with Crippen LogP contribution < -0.4 is 10.2 Å². The first-order valence-corrected chi connectivity index (χ1v) is 9.48. The Morgan fingerprint density at radius 1 is 1.36 bits per heavy atom. The molecule has 2 heterocycles. The molecule has 2 aromatic rings. The van der Waals surface area contributed by atoms with E-state index in [2.05, 4.69) is 5.32 Å². The maximum absolute atomic E-state index is 12.8. The number of nitrogens with one attached hydrogen (secondary N) is 1. The third-order valence-electron chi connectivity index (χ3n) is 4.81. The molecule has 0 spiro atoms. The number of aldehydes is 1. The number of carbonyl (C=O) groups excluding carboxylic acids is 3. The Labute approximate surface area is 165 Å². The van der Waals surface area contributed by atoms with Gasteiger partial charge >= 0.3 is 0 Å². The van der Waals surface area contributed by atoms with Crippen molar-refractivity contribution in [2.45, 2.75) is 39.2 Å². The molecule has 0 saturated carbocycles. The summed E-state index contributed by atoms with van der Waals surface area (Å²) in [4.78, 5) is 49.3. The van der Waals surface area contributed by atoms with Gasteiger partial charge in [0, 0.05) is 12.1 Å². The van der Waals surface area contributed by atoms with Crippen LogP contribution in [0.15, 0.2) is 23.6 Å². The van der Waals surface area contributed by atoms with Gasteiger partial charge in [0.05, 0.1) is 26.5 Å². The van der Waals surface area contributed by atoms with Crippen LogP contribution in [0.3, 0.4) is 0 Å². The molecular weight excluding hydrogens is 382 g/mol. The highest BCUT2D eigenvalue weighted by atomic mass is 32.1. The van der Waals surface area contributed by atoms with E-state index in [9.17, 15) is 24.5 Å². The van der Waals surface area contributed by atoms with Crippen molar-refractivity contribution in [3.63, 3.8) is 0 Å². The molecule has 28 heavy (non-hydrogen) atoms. The number of carbonyl (C=O) groups is 3. The van der Waals surface area contributed by atoms with Crippen LogP contribution in [0.5, 0.6) is 0 Å². The van der Waals surface area contributed by atoms with Crippen molar-refractivity contribution >= 4 is 46.5 Å². The number of anilines is 2. The molecule has 0 saturated heterocycles. The van der Waals surface area contributed by atoms with Gasteiger partial charge in [-0.15, -0.1) is 11.3 Å². The summed E-state index contributed by atoms with van der Waals surface area (Å²) in [6, 6.07) is 4.12. The van der Waals surface area contributed by atoms with E-state index in [1.807, 2.05) is 13.8 Å². The fourth-order valence-electron chi connectivity index (χ4n) is 3.36. The smallest absolute Gasteiger partial charge is 0.294 e. The van der Waals surface area contributed by atoms with Crippen LogP contribution in [0.1, 0.15) is 53.3 Å². The second-order valence-electron chi connectivity index (χ2n) is 7.31. The van der Waals surface area contributed by atoms with E-state index in [0.717, 1.165) is 11.3 Å². The first-order chi connectivity index (χ1) is 13.1. The zero-order valence-electron chi connectivity index (χ0n) is 15.8. The maximum Gasteiger partial charge on any atom is 0.294 e. The van der Waals surface area contributed by atoms with Crippen LogP contribution in [0.25, 0.3) is 0 Å². The average Bonchev–Trinajstić information content (AvgIpc) is 3.16. The molecule has 0 atom stereocenters. The van der Waals surface area contributed by atoms with Gasteiger partial charge in [0.15, 0.2) is 6.29 Å². The van der Waals surface area contributed by atoms with Crippen LogP contribution in [-0.4, -0.2) is 29.1 Å². The first kappa shape index (κ1) is 19.7. The molecule has 146 valence electrons. The Morgan fingerprint density at radius 2 is 2.04 bits per heavy atom. The van der Waals surface area contributed by atoms with Gasteiger partial charge < -0.3 is 10.2 Å². The summed E-state index contributed by atoms with van der Waals surface area (Å²) in [5, 5.41) is 15.8. The minimum absolute atomic E-state index is 0.0109. The lowest BCUT2D eigenvalue weighted by Crippen LogP contribution is -2.40. The molecule has 1 aliphatic rings. The molecule has 0 aliphatic carbocycles. The van der Waals surface area contributed by atoms with Crippen LogP contribution >= 0.6 is 11.3 Å². The fourth-order valence-corrected chi connectivity index (χ4v) is 4.05. The van der Waals surface area contributed by atoms with Gasteiger partial charge in [0.1, 0.15) is 5.69 Å². The molecule has 8 nitrogen and oxygen atoms in total. The predicted molar refractivity (Wildman–Crippen MR) is 106 cm³/mol. The van der Waals surface area contributed by atoms with Crippen molar-refractivity contribution in [2.24, 2.45) is 0 Å². The summed E-state index contributed by atoms with van der Waals surface area (Å²) in [5.41, 5.74) is 0.0140. The number of nitrogens with zero attached hydrogens (tertiary/aromatic N) is 2. The lowest BCUT2D eigenvalue weighted by Gasteiger charge is -2.23. The fraction of sp³-hybridized carbons (Fsp3) is 0.316. The lowest BCUT2D eigenvalue weighted by molar-refractivity contribution is -0.383. The molecule has 3 rings (SSSR count). The number of hydrogen-bond donors (Lipinski definition) is 1. The predicted octanol–water partition coefficient (Wildman–Crippen LogP) is 3.75. The standard InChI is InChI=1S/C19H19N3O5S/c1-10(2)21-14-8-15(22(26)27)13(7-12(14)19(3,4)18(21)25)20-17(24)11-5-6-28-16(11)9-23/h5-10H,1-4H3,(H,20,24). The van der Waals surface area contributed by atoms with Crippen LogP contribution in [0.2, 0.25) is 0 Å². The van der Waals surface area contributed by atoms with E-state index in [0.29, 0.717) is 17.5 Å². The van der Waals surface area contributed by atoms with Gasteiger partial charge in [0.2, 0.25) is 5.91 Å². The Morgan fingerprint density at radius 3 is 2.61 bits per heavy atom. The largest absolute Gasteiger partial charge is 0.316 e. The Kier molecular flexibility index (Phi) is 4.80. The van der Waals surface area contributed by atoms with Crippen LogP contribution in [0, 0.1) is 10.1 Å². The van der Waals surface area contributed by atoms with Gasteiger partial charge in [0.25, 0.3) is 11.6 Å². The van der Waals surface area contributed by atoms with Crippen molar-refractivity contribution < 1.29 is 19.3 Å². The molecule has 1 N–H and O–H groups in total. The van der Waals surface area contributed by atoms with Crippen LogP contribution in [0.4, 0.5) is 17.1 Å². The SMILES string of the molecule is CC(C)N1C(=O)C(C)(C)c2cc(NC(=O)c3ccsc3C=O)c([N+](=O)[O-])cc21. The topological polar surface area (TPSA) is 110 Å². The maximum atomic E-state index is 12.8.